The van der Waals surface area contributed by atoms with Crippen molar-refractivity contribution in [2.24, 2.45) is 7.05 Å². The van der Waals surface area contributed by atoms with Crippen molar-refractivity contribution in [1.29, 1.82) is 0 Å². The summed E-state index contributed by atoms with van der Waals surface area (Å²) in [6.07, 6.45) is 8.00. The van der Waals surface area contributed by atoms with E-state index in [0.717, 1.165) is 40.4 Å². The highest BCUT2D eigenvalue weighted by Gasteiger charge is 2.06. The summed E-state index contributed by atoms with van der Waals surface area (Å²) >= 11 is 1.66. The van der Waals surface area contributed by atoms with Crippen LogP contribution in [0.4, 0.5) is 0 Å². The van der Waals surface area contributed by atoms with E-state index < -0.39 is 0 Å². The second kappa shape index (κ2) is 31.0. The van der Waals surface area contributed by atoms with Crippen LogP contribution in [0.25, 0.3) is 0 Å². The average Bonchev–Trinajstić information content (AvgIpc) is 4.09. The van der Waals surface area contributed by atoms with E-state index in [9.17, 15) is 0 Å². The number of hydrogen-bond acceptors (Lipinski definition) is 9. The van der Waals surface area contributed by atoms with Crippen LogP contribution >= 0.6 is 11.3 Å². The minimum absolute atomic E-state index is 0. The lowest BCUT2D eigenvalue weighted by Gasteiger charge is -2.06. The highest BCUT2D eigenvalue weighted by molar-refractivity contribution is 7.12. The summed E-state index contributed by atoms with van der Waals surface area (Å²) in [5.74, 6) is 5.81. The molecule has 0 bridgehead atoms. The smallest absolute Gasteiger partial charge is 0.284 e. The van der Waals surface area contributed by atoms with E-state index >= 15 is 0 Å². The highest BCUT2D eigenvalue weighted by Crippen LogP contribution is 2.27. The third kappa shape index (κ3) is 22.2. The maximum absolute atomic E-state index is 5.29. The Labute approximate surface area is 379 Å². The van der Waals surface area contributed by atoms with Crippen LogP contribution in [-0.2, 0) is 13.6 Å². The van der Waals surface area contributed by atoms with Crippen LogP contribution in [0.15, 0.2) is 89.2 Å². The standard InChI is InChI=1S/C10H15NO.C8H14N2.C8H13NO.C8H12O2.C8H12OS.C7H12N2.CH4/c1-4-12-10-7-5-6-9(11-10)8(2)3;1-4-10-6-5-8(9-10)7(2)3;1-7(2)9-5-4-8(6-9)10-3;1-6(2)7-4-5-8(9-3)10-7;1-6(2)7-4-8(9-3)10-5-7;1-6(2)7-4-5-9(3)8-7;/h5-8H,4H2,1-3H3;5-7H,4H2,1-3H3;4-7H,1-3H3;2*4-6H,1-3H3;4-6H,1-3H3;1H4. The van der Waals surface area contributed by atoms with Crippen molar-refractivity contribution in [2.75, 3.05) is 27.9 Å². The van der Waals surface area contributed by atoms with Gasteiger partial charge in [-0.25, -0.2) is 4.98 Å². The Morgan fingerprint density at radius 3 is 1.63 bits per heavy atom. The second-order valence-electron chi connectivity index (χ2n) is 16.0. The molecule has 6 aromatic heterocycles. The fourth-order valence-corrected chi connectivity index (χ4v) is 5.80. The number of aryl methyl sites for hydroxylation is 2. The number of rotatable bonds is 12. The zero-order chi connectivity index (χ0) is 46.1. The first-order chi connectivity index (χ1) is 28.9. The molecule has 6 rings (SSSR count). The molecule has 348 valence electrons. The van der Waals surface area contributed by atoms with Crippen LogP contribution < -0.4 is 18.9 Å². The summed E-state index contributed by atoms with van der Waals surface area (Å²) in [4.78, 5) is 4.34. The Kier molecular flexibility index (Phi) is 28.5. The van der Waals surface area contributed by atoms with Gasteiger partial charge in [0, 0.05) is 68.2 Å². The highest BCUT2D eigenvalue weighted by atomic mass is 32.1. The number of ether oxygens (including phenoxy) is 4. The molecule has 0 aromatic carbocycles. The van der Waals surface area contributed by atoms with Crippen molar-refractivity contribution >= 4 is 11.3 Å². The summed E-state index contributed by atoms with van der Waals surface area (Å²) in [6, 6.07) is 18.3. The number of nitrogens with zero attached hydrogens (tertiary/aromatic N) is 6. The van der Waals surface area contributed by atoms with Crippen molar-refractivity contribution in [2.45, 2.75) is 147 Å². The molecule has 6 aromatic rings. The molecule has 12 heteroatoms. The topological polar surface area (TPSA) is 104 Å². The van der Waals surface area contributed by atoms with E-state index in [1.165, 1.54) is 11.3 Å². The van der Waals surface area contributed by atoms with Crippen LogP contribution in [0.3, 0.4) is 0 Å². The lowest BCUT2D eigenvalue weighted by molar-refractivity contribution is 0.290. The molecule has 0 saturated carbocycles. The van der Waals surface area contributed by atoms with Crippen LogP contribution in [0, 0.1) is 0 Å². The monoisotopic (exact) mass is 879 g/mol. The lowest BCUT2D eigenvalue weighted by Crippen LogP contribution is -1.98. The zero-order valence-electron chi connectivity index (χ0n) is 40.6. The van der Waals surface area contributed by atoms with E-state index in [2.05, 4.69) is 127 Å². The van der Waals surface area contributed by atoms with Gasteiger partial charge in [0.1, 0.15) is 11.5 Å². The molecule has 11 nitrogen and oxygen atoms in total. The SMILES string of the molecule is C.CC(C)c1ccn(C)n1.CCOc1cccc(C(C)C)n1.CCn1ccc(C(C)C)n1.COc1cc(C(C)C)cs1.COc1ccc(C(C)C)o1.COc1ccn(C(C)C)c1. The van der Waals surface area contributed by atoms with E-state index in [1.54, 1.807) is 32.7 Å². The second-order valence-corrected chi connectivity index (χ2v) is 16.8. The van der Waals surface area contributed by atoms with Gasteiger partial charge in [0.15, 0.2) is 5.06 Å². The molecular formula is C50H82N6O5S. The van der Waals surface area contributed by atoms with E-state index in [-0.39, 0.29) is 7.43 Å². The molecule has 0 aliphatic heterocycles. The molecule has 0 spiro atoms. The minimum atomic E-state index is 0. The van der Waals surface area contributed by atoms with Crippen LogP contribution in [-0.4, -0.2) is 57.0 Å². The number of hydrogen-bond donors (Lipinski definition) is 0. The Bertz CT molecular complexity index is 1800. The van der Waals surface area contributed by atoms with Crippen LogP contribution in [0.1, 0.15) is 168 Å². The summed E-state index contributed by atoms with van der Waals surface area (Å²) in [6.45, 7) is 31.3. The molecule has 0 atom stereocenters. The summed E-state index contributed by atoms with van der Waals surface area (Å²) in [5, 5.41) is 11.7. The summed E-state index contributed by atoms with van der Waals surface area (Å²) < 4.78 is 31.4. The maximum atomic E-state index is 5.29. The Balaban J connectivity index is 0.000000719. The third-order valence-electron chi connectivity index (χ3n) is 8.89. The van der Waals surface area contributed by atoms with E-state index in [1.807, 2.05) is 90.6 Å². The fourth-order valence-electron chi connectivity index (χ4n) is 4.91. The number of pyridine rings is 1. The molecule has 0 saturated heterocycles. The van der Waals surface area contributed by atoms with Gasteiger partial charge in [-0.2, -0.15) is 10.2 Å². The maximum Gasteiger partial charge on any atom is 0.284 e. The number of thiophene rings is 1. The molecule has 0 N–H and O–H groups in total. The average molecular weight is 879 g/mol. The van der Waals surface area contributed by atoms with Gasteiger partial charge in [-0.05, 0) is 98.7 Å². The predicted molar refractivity (Wildman–Crippen MR) is 261 cm³/mol. The van der Waals surface area contributed by atoms with Crippen molar-refractivity contribution in [3.05, 3.63) is 113 Å². The van der Waals surface area contributed by atoms with Crippen LogP contribution in [0.5, 0.6) is 22.6 Å². The van der Waals surface area contributed by atoms with Gasteiger partial charge in [0.05, 0.1) is 39.3 Å². The minimum Gasteiger partial charge on any atom is -0.495 e. The normalized spacial score (nSPS) is 10.3. The quantitative estimate of drug-likeness (QED) is 0.120. The van der Waals surface area contributed by atoms with Crippen molar-refractivity contribution in [3.8, 4) is 22.6 Å². The van der Waals surface area contributed by atoms with Gasteiger partial charge in [0.2, 0.25) is 5.88 Å². The van der Waals surface area contributed by atoms with Gasteiger partial charge in [-0.3, -0.25) is 9.36 Å². The van der Waals surface area contributed by atoms with Gasteiger partial charge in [-0.1, -0.05) is 82.7 Å². The Morgan fingerprint density at radius 1 is 0.661 bits per heavy atom. The molecule has 6 heterocycles. The molecule has 0 aliphatic rings. The van der Waals surface area contributed by atoms with Crippen molar-refractivity contribution < 1.29 is 23.4 Å². The van der Waals surface area contributed by atoms with Crippen LogP contribution in [0.2, 0.25) is 0 Å². The molecular weight excluding hydrogens is 797 g/mol. The van der Waals surface area contributed by atoms with Crippen molar-refractivity contribution in [1.82, 2.24) is 29.1 Å². The lowest BCUT2D eigenvalue weighted by atomic mass is 10.1. The molecule has 0 radical (unpaired) electrons. The number of aromatic nitrogens is 6. The van der Waals surface area contributed by atoms with E-state index in [0.29, 0.717) is 48.2 Å². The van der Waals surface area contributed by atoms with Gasteiger partial charge < -0.3 is 27.9 Å². The first-order valence-electron chi connectivity index (χ1n) is 21.5. The molecule has 62 heavy (non-hydrogen) atoms. The first-order valence-corrected chi connectivity index (χ1v) is 22.4. The number of methoxy groups -OCH3 is 3. The molecule has 0 amide bonds. The predicted octanol–water partition coefficient (Wildman–Crippen LogP) is 14.2. The van der Waals surface area contributed by atoms with Gasteiger partial charge >= 0.3 is 0 Å². The largest absolute Gasteiger partial charge is 0.495 e. The summed E-state index contributed by atoms with van der Waals surface area (Å²) in [7, 11) is 6.92. The van der Waals surface area contributed by atoms with Gasteiger partial charge in [-0.15, -0.1) is 11.3 Å². The molecule has 0 aliphatic carbocycles. The van der Waals surface area contributed by atoms with Gasteiger partial charge in [0.25, 0.3) is 5.95 Å². The first kappa shape index (κ1) is 57.0. The fraction of sp³-hybridized carbons (Fsp3) is 0.540. The zero-order valence-corrected chi connectivity index (χ0v) is 41.4. The third-order valence-corrected chi connectivity index (χ3v) is 9.79. The summed E-state index contributed by atoms with van der Waals surface area (Å²) in [5.41, 5.74) is 4.79. The number of furan rings is 1. The van der Waals surface area contributed by atoms with Crippen molar-refractivity contribution in [3.63, 3.8) is 0 Å². The molecule has 0 fully saturated rings. The Hall–Kier alpha value is -4.97. The van der Waals surface area contributed by atoms with E-state index in [4.69, 9.17) is 23.4 Å². The molecule has 0 unspecified atom stereocenters. The Morgan fingerprint density at radius 2 is 1.29 bits per heavy atom.